The van der Waals surface area contributed by atoms with Crippen LogP contribution < -0.4 is 5.56 Å². The summed E-state index contributed by atoms with van der Waals surface area (Å²) in [5.74, 6) is -0.211. The first kappa shape index (κ1) is 14.9. The molecule has 2 heterocycles. The maximum atomic E-state index is 12.5. The molecule has 0 aliphatic carbocycles. The molecule has 5 nitrogen and oxygen atoms in total. The number of fused-ring (bicyclic) bond motifs is 1. The van der Waals surface area contributed by atoms with Crippen LogP contribution in [0.2, 0.25) is 5.02 Å². The van der Waals surface area contributed by atoms with Crippen molar-refractivity contribution < 1.29 is 4.79 Å². The predicted octanol–water partition coefficient (Wildman–Crippen LogP) is 3.01. The Morgan fingerprint density at radius 2 is 1.95 bits per heavy atom. The third kappa shape index (κ3) is 2.55. The minimum atomic E-state index is -0.283. The summed E-state index contributed by atoms with van der Waals surface area (Å²) in [6, 6.07) is 6.53. The molecule has 0 spiro atoms. The van der Waals surface area contributed by atoms with E-state index in [0.29, 0.717) is 20.8 Å². The lowest BCUT2D eigenvalue weighted by Gasteiger charge is -2.03. The van der Waals surface area contributed by atoms with Crippen LogP contribution in [-0.2, 0) is 6.54 Å². The van der Waals surface area contributed by atoms with Crippen LogP contribution in [0.4, 0.5) is 0 Å². The van der Waals surface area contributed by atoms with Crippen molar-refractivity contribution in [1.29, 1.82) is 0 Å². The number of hydrogen-bond acceptors (Lipinski definition) is 5. The molecule has 3 aromatic rings. The number of carbonyl (C=O) groups excluding carboxylic acids is 1. The number of aromatic nitrogens is 3. The van der Waals surface area contributed by atoms with E-state index >= 15 is 0 Å². The minimum Gasteiger partial charge on any atom is -0.292 e. The highest BCUT2D eigenvalue weighted by Crippen LogP contribution is 2.24. The third-order valence-corrected chi connectivity index (χ3v) is 4.86. The lowest BCUT2D eigenvalue weighted by atomic mass is 10.1. The molecule has 3 rings (SSSR count). The van der Waals surface area contributed by atoms with Gasteiger partial charge in [-0.25, -0.2) is 4.68 Å². The zero-order valence-electron chi connectivity index (χ0n) is 12.0. The Hall–Kier alpha value is -2.05. The molecule has 0 fully saturated rings. The van der Waals surface area contributed by atoms with E-state index in [0.717, 1.165) is 15.1 Å². The van der Waals surface area contributed by atoms with Crippen molar-refractivity contribution in [3.8, 4) is 0 Å². The van der Waals surface area contributed by atoms with E-state index in [1.165, 1.54) is 11.3 Å². The van der Waals surface area contributed by atoms with Crippen LogP contribution in [0.5, 0.6) is 0 Å². The van der Waals surface area contributed by atoms with Crippen molar-refractivity contribution in [2.45, 2.75) is 20.4 Å². The SMILES string of the molecule is Cc1sc2nnn(CC(=O)c3ccc(Cl)cc3)c(=O)c2c1C. The summed E-state index contributed by atoms with van der Waals surface area (Å²) in [6.45, 7) is 3.67. The van der Waals surface area contributed by atoms with E-state index in [9.17, 15) is 9.59 Å². The Morgan fingerprint density at radius 3 is 2.64 bits per heavy atom. The minimum absolute atomic E-state index is 0.141. The summed E-state index contributed by atoms with van der Waals surface area (Å²) >= 11 is 7.23. The molecule has 22 heavy (non-hydrogen) atoms. The number of rotatable bonds is 3. The fourth-order valence-corrected chi connectivity index (χ4v) is 3.25. The number of aryl methyl sites for hydroxylation is 2. The highest BCUT2D eigenvalue weighted by atomic mass is 35.5. The zero-order chi connectivity index (χ0) is 15.9. The normalized spacial score (nSPS) is 11.0. The Morgan fingerprint density at radius 1 is 1.27 bits per heavy atom. The van der Waals surface area contributed by atoms with Gasteiger partial charge in [0.1, 0.15) is 6.54 Å². The van der Waals surface area contributed by atoms with Gasteiger partial charge in [0.15, 0.2) is 10.6 Å². The molecule has 0 atom stereocenters. The van der Waals surface area contributed by atoms with E-state index in [1.54, 1.807) is 24.3 Å². The number of hydrogen-bond donors (Lipinski definition) is 0. The molecule has 112 valence electrons. The highest BCUT2D eigenvalue weighted by Gasteiger charge is 2.15. The van der Waals surface area contributed by atoms with E-state index in [-0.39, 0.29) is 17.9 Å². The molecule has 0 saturated carbocycles. The first-order chi connectivity index (χ1) is 10.5. The number of halogens is 1. The molecular formula is C15H12ClN3O2S. The second kappa shape index (κ2) is 5.62. The summed E-state index contributed by atoms with van der Waals surface area (Å²) < 4.78 is 1.11. The zero-order valence-corrected chi connectivity index (χ0v) is 13.5. The lowest BCUT2D eigenvalue weighted by Crippen LogP contribution is -2.27. The van der Waals surface area contributed by atoms with Crippen molar-refractivity contribution >= 4 is 38.9 Å². The smallest absolute Gasteiger partial charge is 0.279 e. The summed E-state index contributed by atoms with van der Waals surface area (Å²) in [4.78, 5) is 26.4. The molecule has 0 amide bonds. The molecule has 1 aromatic carbocycles. The second-order valence-electron chi connectivity index (χ2n) is 4.95. The van der Waals surface area contributed by atoms with Crippen LogP contribution in [0, 0.1) is 13.8 Å². The Bertz CT molecular complexity index is 928. The first-order valence-electron chi connectivity index (χ1n) is 6.59. The molecule has 0 bridgehead atoms. The van der Waals surface area contributed by atoms with Gasteiger partial charge in [-0.3, -0.25) is 9.59 Å². The number of nitrogens with zero attached hydrogens (tertiary/aromatic N) is 3. The van der Waals surface area contributed by atoms with Crippen LogP contribution in [0.1, 0.15) is 20.8 Å². The van der Waals surface area contributed by atoms with E-state index in [2.05, 4.69) is 10.3 Å². The van der Waals surface area contributed by atoms with Crippen molar-refractivity contribution in [2.24, 2.45) is 0 Å². The summed E-state index contributed by atoms with van der Waals surface area (Å²) in [5, 5.41) is 9.00. The predicted molar refractivity (Wildman–Crippen MR) is 86.9 cm³/mol. The largest absolute Gasteiger partial charge is 0.292 e. The van der Waals surface area contributed by atoms with Gasteiger partial charge >= 0.3 is 0 Å². The summed E-state index contributed by atoms with van der Waals surface area (Å²) in [7, 11) is 0. The maximum absolute atomic E-state index is 12.5. The molecule has 2 aromatic heterocycles. The molecule has 0 radical (unpaired) electrons. The van der Waals surface area contributed by atoms with Crippen LogP contribution >= 0.6 is 22.9 Å². The molecule has 0 aliphatic heterocycles. The number of benzene rings is 1. The standard InChI is InChI=1S/C15H12ClN3O2S/c1-8-9(2)22-14-13(8)15(21)19(18-17-14)7-12(20)10-3-5-11(16)6-4-10/h3-6H,7H2,1-2H3. The molecule has 7 heteroatoms. The van der Waals surface area contributed by atoms with Gasteiger partial charge in [0.05, 0.1) is 5.39 Å². The van der Waals surface area contributed by atoms with Gasteiger partial charge in [0.2, 0.25) is 0 Å². The molecular weight excluding hydrogens is 322 g/mol. The molecule has 0 saturated heterocycles. The van der Waals surface area contributed by atoms with Crippen molar-refractivity contribution in [3.63, 3.8) is 0 Å². The fraction of sp³-hybridized carbons (Fsp3) is 0.200. The van der Waals surface area contributed by atoms with Gasteiger partial charge in [0, 0.05) is 15.5 Å². The van der Waals surface area contributed by atoms with Gasteiger partial charge in [-0.1, -0.05) is 16.8 Å². The second-order valence-corrected chi connectivity index (χ2v) is 6.59. The van der Waals surface area contributed by atoms with Gasteiger partial charge in [-0.05, 0) is 43.7 Å². The third-order valence-electron chi connectivity index (χ3n) is 3.52. The summed E-state index contributed by atoms with van der Waals surface area (Å²) in [6.07, 6.45) is 0. The number of Topliss-reactive ketones (excluding diaryl/α,β-unsaturated/α-hetero) is 1. The molecule has 0 N–H and O–H groups in total. The highest BCUT2D eigenvalue weighted by molar-refractivity contribution is 7.18. The van der Waals surface area contributed by atoms with Crippen LogP contribution in [0.25, 0.3) is 10.2 Å². The number of thiophene rings is 1. The maximum Gasteiger partial charge on any atom is 0.279 e. The fourth-order valence-electron chi connectivity index (χ4n) is 2.16. The molecule has 0 aliphatic rings. The molecule has 0 unspecified atom stereocenters. The van der Waals surface area contributed by atoms with Crippen molar-refractivity contribution in [2.75, 3.05) is 0 Å². The van der Waals surface area contributed by atoms with Gasteiger partial charge in [-0.15, -0.1) is 16.4 Å². The van der Waals surface area contributed by atoms with Crippen molar-refractivity contribution in [1.82, 2.24) is 15.0 Å². The number of ketones is 1. The number of carbonyl (C=O) groups is 1. The van der Waals surface area contributed by atoms with E-state index < -0.39 is 0 Å². The van der Waals surface area contributed by atoms with Crippen LogP contribution in [-0.4, -0.2) is 20.8 Å². The van der Waals surface area contributed by atoms with E-state index in [1.807, 2.05) is 13.8 Å². The monoisotopic (exact) mass is 333 g/mol. The Balaban J connectivity index is 1.99. The van der Waals surface area contributed by atoms with E-state index in [4.69, 9.17) is 11.6 Å². The Kier molecular flexibility index (Phi) is 3.80. The van der Waals surface area contributed by atoms with Gasteiger partial charge in [0.25, 0.3) is 5.56 Å². The summed E-state index contributed by atoms with van der Waals surface area (Å²) in [5.41, 5.74) is 1.10. The first-order valence-corrected chi connectivity index (χ1v) is 7.79. The van der Waals surface area contributed by atoms with Gasteiger partial charge < -0.3 is 0 Å². The topological polar surface area (TPSA) is 64.8 Å². The Labute approximate surface area is 135 Å². The van der Waals surface area contributed by atoms with Crippen LogP contribution in [0.3, 0.4) is 0 Å². The van der Waals surface area contributed by atoms with Gasteiger partial charge in [-0.2, -0.15) is 0 Å². The quantitative estimate of drug-likeness (QED) is 0.691. The lowest BCUT2D eigenvalue weighted by molar-refractivity contribution is 0.0964. The average Bonchev–Trinajstić information content (AvgIpc) is 2.78. The van der Waals surface area contributed by atoms with Crippen molar-refractivity contribution in [3.05, 3.63) is 55.6 Å². The average molecular weight is 334 g/mol. The van der Waals surface area contributed by atoms with Crippen LogP contribution in [0.15, 0.2) is 29.1 Å².